The summed E-state index contributed by atoms with van der Waals surface area (Å²) in [5, 5.41) is 4.62. The first-order valence-corrected chi connectivity index (χ1v) is 8.29. The van der Waals surface area contributed by atoms with Crippen molar-refractivity contribution in [3.8, 4) is 11.8 Å². The third-order valence-electron chi connectivity index (χ3n) is 3.93. The maximum atomic E-state index is 5.89. The molecule has 0 aliphatic carbocycles. The number of hydrogen-bond acceptors (Lipinski definition) is 4. The van der Waals surface area contributed by atoms with Crippen molar-refractivity contribution >= 4 is 0 Å². The van der Waals surface area contributed by atoms with Crippen LogP contribution in [0.5, 0.6) is 5.88 Å². The number of benzene rings is 1. The molecular formula is C19H22N4O. The van der Waals surface area contributed by atoms with Crippen molar-refractivity contribution in [2.45, 2.75) is 33.6 Å². The minimum Gasteiger partial charge on any atom is -0.478 e. The van der Waals surface area contributed by atoms with Crippen molar-refractivity contribution in [1.82, 2.24) is 19.7 Å². The Morgan fingerprint density at radius 3 is 2.33 bits per heavy atom. The van der Waals surface area contributed by atoms with Gasteiger partial charge in [-0.3, -0.25) is 0 Å². The van der Waals surface area contributed by atoms with E-state index in [1.807, 2.05) is 44.4 Å². The summed E-state index contributed by atoms with van der Waals surface area (Å²) in [6.07, 6.45) is 5.36. The minimum absolute atomic E-state index is 0.540. The lowest BCUT2D eigenvalue weighted by molar-refractivity contribution is 0.312. The van der Waals surface area contributed by atoms with Crippen LogP contribution in [0.3, 0.4) is 0 Å². The van der Waals surface area contributed by atoms with Gasteiger partial charge in [0.2, 0.25) is 5.88 Å². The third-order valence-corrected chi connectivity index (χ3v) is 3.93. The average molecular weight is 322 g/mol. The molecule has 24 heavy (non-hydrogen) atoms. The molecule has 0 radical (unpaired) electrons. The van der Waals surface area contributed by atoms with E-state index in [4.69, 9.17) is 4.74 Å². The lowest BCUT2D eigenvalue weighted by Gasteiger charge is -2.09. The number of hydrogen-bond donors (Lipinski definition) is 0. The molecule has 1 aromatic carbocycles. The summed E-state index contributed by atoms with van der Waals surface area (Å²) in [5.74, 6) is 1.26. The minimum atomic E-state index is 0.540. The van der Waals surface area contributed by atoms with Crippen molar-refractivity contribution in [2.24, 2.45) is 0 Å². The van der Waals surface area contributed by atoms with E-state index in [1.165, 1.54) is 5.56 Å². The molecule has 0 N–H and O–H groups in total. The van der Waals surface area contributed by atoms with Crippen molar-refractivity contribution < 1.29 is 4.74 Å². The normalized spacial score (nSPS) is 10.8. The molecule has 0 atom stereocenters. The molecule has 5 nitrogen and oxygen atoms in total. The standard InChI is InChI=1S/C19H22N4O/c1-4-15-12-20-19(21-13-15)23-18(24-5-2)17(14(3)22-23)11-16-9-7-6-8-10-16/h6-10,12-13H,4-5,11H2,1-3H3. The van der Waals surface area contributed by atoms with E-state index in [2.05, 4.69) is 34.1 Å². The Morgan fingerprint density at radius 2 is 1.71 bits per heavy atom. The average Bonchev–Trinajstić information content (AvgIpc) is 2.92. The van der Waals surface area contributed by atoms with Gasteiger partial charge in [0.15, 0.2) is 0 Å². The first-order valence-electron chi connectivity index (χ1n) is 8.29. The molecule has 0 saturated heterocycles. The predicted molar refractivity (Wildman–Crippen MR) is 93.7 cm³/mol. The van der Waals surface area contributed by atoms with Crippen LogP contribution in [0, 0.1) is 6.92 Å². The van der Waals surface area contributed by atoms with Crippen molar-refractivity contribution in [3.63, 3.8) is 0 Å². The number of aromatic nitrogens is 4. The highest BCUT2D eigenvalue weighted by Crippen LogP contribution is 2.27. The van der Waals surface area contributed by atoms with E-state index in [9.17, 15) is 0 Å². The first-order chi connectivity index (χ1) is 11.7. The van der Waals surface area contributed by atoms with E-state index in [1.54, 1.807) is 4.68 Å². The molecule has 3 rings (SSSR count). The van der Waals surface area contributed by atoms with E-state index in [-0.39, 0.29) is 0 Å². The SMILES string of the molecule is CCOc1c(Cc2ccccc2)c(C)nn1-c1ncc(CC)cn1. The van der Waals surface area contributed by atoms with Crippen molar-refractivity contribution in [3.05, 3.63) is 65.1 Å². The Kier molecular flexibility index (Phi) is 4.89. The molecule has 124 valence electrons. The molecular weight excluding hydrogens is 300 g/mol. The molecule has 0 aliphatic rings. The van der Waals surface area contributed by atoms with Crippen LogP contribution in [-0.2, 0) is 12.8 Å². The highest BCUT2D eigenvalue weighted by Gasteiger charge is 2.19. The topological polar surface area (TPSA) is 52.8 Å². The molecule has 0 saturated carbocycles. The number of nitrogens with zero attached hydrogens (tertiary/aromatic N) is 4. The molecule has 0 unspecified atom stereocenters. The molecule has 0 aliphatic heterocycles. The summed E-state index contributed by atoms with van der Waals surface area (Å²) in [7, 11) is 0. The zero-order valence-electron chi connectivity index (χ0n) is 14.4. The molecule has 2 aromatic heterocycles. The molecule has 5 heteroatoms. The van der Waals surface area contributed by atoms with Gasteiger partial charge >= 0.3 is 0 Å². The van der Waals surface area contributed by atoms with Gasteiger partial charge < -0.3 is 4.74 Å². The van der Waals surface area contributed by atoms with Crippen molar-refractivity contribution in [1.29, 1.82) is 0 Å². The fourth-order valence-corrected chi connectivity index (χ4v) is 2.60. The van der Waals surface area contributed by atoms with Crippen LogP contribution in [0.15, 0.2) is 42.7 Å². The van der Waals surface area contributed by atoms with Gasteiger partial charge in [-0.2, -0.15) is 9.78 Å². The fraction of sp³-hybridized carbons (Fsp3) is 0.316. The van der Waals surface area contributed by atoms with Crippen molar-refractivity contribution in [2.75, 3.05) is 6.61 Å². The van der Waals surface area contributed by atoms with Crippen LogP contribution in [0.25, 0.3) is 5.95 Å². The molecule has 0 bridgehead atoms. The summed E-state index contributed by atoms with van der Waals surface area (Å²) in [6.45, 7) is 6.62. The molecule has 2 heterocycles. The van der Waals surface area contributed by atoms with Crippen LogP contribution in [0.2, 0.25) is 0 Å². The van der Waals surface area contributed by atoms with E-state index >= 15 is 0 Å². The Bertz CT molecular complexity index is 794. The van der Waals surface area contributed by atoms with Gasteiger partial charge in [-0.15, -0.1) is 0 Å². The molecule has 3 aromatic rings. The summed E-state index contributed by atoms with van der Waals surface area (Å²) >= 11 is 0. The quantitative estimate of drug-likeness (QED) is 0.697. The Hall–Kier alpha value is -2.69. The molecule has 0 amide bonds. The highest BCUT2D eigenvalue weighted by atomic mass is 16.5. The van der Waals surface area contributed by atoms with Crippen LogP contribution >= 0.6 is 0 Å². The van der Waals surface area contributed by atoms with Crippen LogP contribution in [0.4, 0.5) is 0 Å². The molecule has 0 spiro atoms. The summed E-state index contributed by atoms with van der Waals surface area (Å²) < 4.78 is 7.60. The first kappa shape index (κ1) is 16.2. The van der Waals surface area contributed by atoms with Gasteiger partial charge in [0.25, 0.3) is 5.95 Å². The van der Waals surface area contributed by atoms with Gasteiger partial charge in [0, 0.05) is 24.4 Å². The summed E-state index contributed by atoms with van der Waals surface area (Å²) in [6, 6.07) is 10.3. The maximum Gasteiger partial charge on any atom is 0.253 e. The zero-order chi connectivity index (χ0) is 16.9. The lowest BCUT2D eigenvalue weighted by atomic mass is 10.1. The smallest absolute Gasteiger partial charge is 0.253 e. The Balaban J connectivity index is 2.01. The lowest BCUT2D eigenvalue weighted by Crippen LogP contribution is -2.07. The van der Waals surface area contributed by atoms with Crippen LogP contribution < -0.4 is 4.74 Å². The molecule has 0 fully saturated rings. The summed E-state index contributed by atoms with van der Waals surface area (Å²) in [4.78, 5) is 8.87. The largest absolute Gasteiger partial charge is 0.478 e. The van der Waals surface area contributed by atoms with Crippen LogP contribution in [-0.4, -0.2) is 26.4 Å². The van der Waals surface area contributed by atoms with E-state index in [0.29, 0.717) is 12.6 Å². The van der Waals surface area contributed by atoms with Crippen LogP contribution in [0.1, 0.15) is 36.2 Å². The van der Waals surface area contributed by atoms with Gasteiger partial charge in [0.05, 0.1) is 12.3 Å². The highest BCUT2D eigenvalue weighted by molar-refractivity contribution is 5.39. The number of rotatable bonds is 6. The maximum absolute atomic E-state index is 5.89. The van der Waals surface area contributed by atoms with Gasteiger partial charge in [-0.25, -0.2) is 9.97 Å². The van der Waals surface area contributed by atoms with Gasteiger partial charge in [0.1, 0.15) is 0 Å². The monoisotopic (exact) mass is 322 g/mol. The number of aryl methyl sites for hydroxylation is 2. The van der Waals surface area contributed by atoms with Gasteiger partial charge in [-0.1, -0.05) is 37.3 Å². The summed E-state index contributed by atoms with van der Waals surface area (Å²) in [5.41, 5.74) is 4.34. The van der Waals surface area contributed by atoms with E-state index in [0.717, 1.165) is 35.5 Å². The van der Waals surface area contributed by atoms with E-state index < -0.39 is 0 Å². The second kappa shape index (κ2) is 7.25. The number of ether oxygens (including phenoxy) is 1. The Labute approximate surface area is 142 Å². The van der Waals surface area contributed by atoms with Gasteiger partial charge in [-0.05, 0) is 31.4 Å². The Morgan fingerprint density at radius 1 is 1.00 bits per heavy atom. The second-order valence-electron chi connectivity index (χ2n) is 5.62. The zero-order valence-corrected chi connectivity index (χ0v) is 14.4. The second-order valence-corrected chi connectivity index (χ2v) is 5.62. The predicted octanol–water partition coefficient (Wildman–Crippen LogP) is 3.52. The fourth-order valence-electron chi connectivity index (χ4n) is 2.60. The third kappa shape index (κ3) is 3.30.